The molecule has 1 aromatic carbocycles. The van der Waals surface area contributed by atoms with Gasteiger partial charge in [-0.15, -0.1) is 0 Å². The van der Waals surface area contributed by atoms with Crippen LogP contribution >= 0.6 is 11.6 Å². The highest BCUT2D eigenvalue weighted by molar-refractivity contribution is 6.31. The van der Waals surface area contributed by atoms with E-state index in [2.05, 4.69) is 5.43 Å². The molecule has 1 aromatic rings. The van der Waals surface area contributed by atoms with Gasteiger partial charge >= 0.3 is 0 Å². The molecule has 18 heavy (non-hydrogen) atoms. The van der Waals surface area contributed by atoms with Crippen molar-refractivity contribution < 1.29 is 9.13 Å². The Labute approximate surface area is 112 Å². The van der Waals surface area contributed by atoms with Crippen molar-refractivity contribution in [2.45, 2.75) is 38.8 Å². The highest BCUT2D eigenvalue weighted by Crippen LogP contribution is 2.20. The molecular weight excluding hydrogens is 255 g/mol. The average molecular weight is 275 g/mol. The van der Waals surface area contributed by atoms with E-state index in [1.54, 1.807) is 6.07 Å². The van der Waals surface area contributed by atoms with Crippen LogP contribution in [0.4, 0.5) is 4.39 Å². The van der Waals surface area contributed by atoms with Gasteiger partial charge in [-0.25, -0.2) is 4.39 Å². The van der Waals surface area contributed by atoms with Gasteiger partial charge in [0.05, 0.1) is 12.1 Å². The van der Waals surface area contributed by atoms with Crippen molar-refractivity contribution in [3.63, 3.8) is 0 Å². The summed E-state index contributed by atoms with van der Waals surface area (Å²) in [5, 5.41) is 0.544. The zero-order valence-corrected chi connectivity index (χ0v) is 11.5. The van der Waals surface area contributed by atoms with Crippen LogP contribution in [0.3, 0.4) is 0 Å². The van der Waals surface area contributed by atoms with Crippen LogP contribution in [0.2, 0.25) is 5.02 Å². The summed E-state index contributed by atoms with van der Waals surface area (Å²) in [6.45, 7) is 4.58. The quantitative estimate of drug-likeness (QED) is 0.594. The molecule has 0 amide bonds. The van der Waals surface area contributed by atoms with Crippen LogP contribution in [0, 0.1) is 5.82 Å². The van der Waals surface area contributed by atoms with Gasteiger partial charge in [-0.3, -0.25) is 11.3 Å². The standard InChI is InChI=1S/C13H20ClFN2O/c1-3-13(18-4-2)12(17-16)8-9-7-10(15)5-6-11(9)14/h5-7,12-13,17H,3-4,8,16H2,1-2H3. The number of hydrogen-bond acceptors (Lipinski definition) is 3. The Morgan fingerprint density at radius 3 is 2.72 bits per heavy atom. The maximum absolute atomic E-state index is 13.2. The third kappa shape index (κ3) is 4.21. The predicted octanol–water partition coefficient (Wildman–Crippen LogP) is 2.67. The van der Waals surface area contributed by atoms with E-state index in [0.29, 0.717) is 18.1 Å². The monoisotopic (exact) mass is 274 g/mol. The van der Waals surface area contributed by atoms with Crippen molar-refractivity contribution in [3.05, 3.63) is 34.6 Å². The highest BCUT2D eigenvalue weighted by atomic mass is 35.5. The number of rotatable bonds is 7. The van der Waals surface area contributed by atoms with Gasteiger partial charge in [-0.05, 0) is 43.5 Å². The predicted molar refractivity (Wildman–Crippen MR) is 71.9 cm³/mol. The fraction of sp³-hybridized carbons (Fsp3) is 0.538. The molecule has 2 unspecified atom stereocenters. The van der Waals surface area contributed by atoms with Gasteiger partial charge in [0.15, 0.2) is 0 Å². The molecule has 0 heterocycles. The molecule has 0 aliphatic heterocycles. The Hall–Kier alpha value is -0.680. The molecule has 3 N–H and O–H groups in total. The molecule has 102 valence electrons. The first-order valence-corrected chi connectivity index (χ1v) is 6.51. The normalized spacial score (nSPS) is 14.5. The van der Waals surface area contributed by atoms with E-state index >= 15 is 0 Å². The average Bonchev–Trinajstić information content (AvgIpc) is 2.37. The zero-order chi connectivity index (χ0) is 13.5. The van der Waals surface area contributed by atoms with E-state index in [9.17, 15) is 4.39 Å². The molecule has 0 saturated carbocycles. The second-order valence-electron chi connectivity index (χ2n) is 4.12. The minimum atomic E-state index is -0.297. The van der Waals surface area contributed by atoms with Crippen molar-refractivity contribution in [1.29, 1.82) is 0 Å². The van der Waals surface area contributed by atoms with Crippen LogP contribution in [0.1, 0.15) is 25.8 Å². The number of nitrogens with two attached hydrogens (primary N) is 1. The van der Waals surface area contributed by atoms with Gasteiger partial charge in [0, 0.05) is 11.6 Å². The molecule has 0 radical (unpaired) electrons. The number of nitrogens with one attached hydrogen (secondary N) is 1. The van der Waals surface area contributed by atoms with Gasteiger partial charge in [-0.2, -0.15) is 0 Å². The van der Waals surface area contributed by atoms with Gasteiger partial charge in [0.1, 0.15) is 5.82 Å². The molecular formula is C13H20ClFN2O. The lowest BCUT2D eigenvalue weighted by atomic mass is 10.00. The largest absolute Gasteiger partial charge is 0.377 e. The van der Waals surface area contributed by atoms with Crippen LogP contribution < -0.4 is 11.3 Å². The molecule has 0 fully saturated rings. The number of hydrogen-bond donors (Lipinski definition) is 2. The van der Waals surface area contributed by atoms with E-state index in [4.69, 9.17) is 22.2 Å². The molecule has 0 saturated heterocycles. The number of ether oxygens (including phenoxy) is 1. The third-order valence-corrected chi connectivity index (χ3v) is 3.26. The van der Waals surface area contributed by atoms with Crippen molar-refractivity contribution in [2.75, 3.05) is 6.61 Å². The van der Waals surface area contributed by atoms with Crippen molar-refractivity contribution in [3.8, 4) is 0 Å². The molecule has 2 atom stereocenters. The molecule has 0 spiro atoms. The van der Waals surface area contributed by atoms with Crippen molar-refractivity contribution in [2.24, 2.45) is 5.84 Å². The van der Waals surface area contributed by atoms with Gasteiger partial charge in [-0.1, -0.05) is 18.5 Å². The maximum atomic E-state index is 13.2. The van der Waals surface area contributed by atoms with Gasteiger partial charge in [0.25, 0.3) is 0 Å². The Bertz CT molecular complexity index is 376. The van der Waals surface area contributed by atoms with E-state index in [1.807, 2.05) is 13.8 Å². The topological polar surface area (TPSA) is 47.3 Å². The maximum Gasteiger partial charge on any atom is 0.123 e. The molecule has 1 rings (SSSR count). The Balaban J connectivity index is 2.81. The Kier molecular flexibility index (Phi) is 6.57. The second-order valence-corrected chi connectivity index (χ2v) is 4.52. The summed E-state index contributed by atoms with van der Waals surface area (Å²) in [6, 6.07) is 4.25. The van der Waals surface area contributed by atoms with Crippen molar-refractivity contribution in [1.82, 2.24) is 5.43 Å². The third-order valence-electron chi connectivity index (χ3n) is 2.89. The lowest BCUT2D eigenvalue weighted by Gasteiger charge is -2.25. The van der Waals surface area contributed by atoms with Crippen LogP contribution in [0.5, 0.6) is 0 Å². The first-order chi connectivity index (χ1) is 8.62. The van der Waals surface area contributed by atoms with Crippen LogP contribution in [-0.4, -0.2) is 18.8 Å². The Morgan fingerprint density at radius 2 is 2.17 bits per heavy atom. The van der Waals surface area contributed by atoms with Crippen LogP contribution in [0.25, 0.3) is 0 Å². The second kappa shape index (κ2) is 7.69. The summed E-state index contributed by atoms with van der Waals surface area (Å²) < 4.78 is 18.8. The summed E-state index contributed by atoms with van der Waals surface area (Å²) in [4.78, 5) is 0. The molecule has 0 aliphatic carbocycles. The summed E-state index contributed by atoms with van der Waals surface area (Å²) in [6.07, 6.45) is 1.35. The molecule has 0 bridgehead atoms. The molecule has 0 aliphatic rings. The molecule has 0 aromatic heterocycles. The first-order valence-electron chi connectivity index (χ1n) is 6.14. The van der Waals surface area contributed by atoms with Gasteiger partial charge in [0.2, 0.25) is 0 Å². The molecule has 5 heteroatoms. The highest BCUT2D eigenvalue weighted by Gasteiger charge is 2.20. The van der Waals surface area contributed by atoms with Crippen LogP contribution in [0.15, 0.2) is 18.2 Å². The van der Waals surface area contributed by atoms with Crippen LogP contribution in [-0.2, 0) is 11.2 Å². The minimum Gasteiger partial charge on any atom is -0.377 e. The first kappa shape index (κ1) is 15.4. The zero-order valence-electron chi connectivity index (χ0n) is 10.7. The van der Waals surface area contributed by atoms with Gasteiger partial charge < -0.3 is 4.74 Å². The number of hydrazine groups is 1. The fourth-order valence-electron chi connectivity index (χ4n) is 1.97. The molecule has 3 nitrogen and oxygen atoms in total. The smallest absolute Gasteiger partial charge is 0.123 e. The summed E-state index contributed by atoms with van der Waals surface area (Å²) in [7, 11) is 0. The van der Waals surface area contributed by atoms with E-state index < -0.39 is 0 Å². The fourth-order valence-corrected chi connectivity index (χ4v) is 2.16. The SMILES string of the molecule is CCOC(CC)C(Cc1cc(F)ccc1Cl)NN. The Morgan fingerprint density at radius 1 is 1.44 bits per heavy atom. The van der Waals surface area contributed by atoms with E-state index in [-0.39, 0.29) is 18.0 Å². The lowest BCUT2D eigenvalue weighted by Crippen LogP contribution is -2.46. The summed E-state index contributed by atoms with van der Waals surface area (Å²) in [5.41, 5.74) is 3.46. The lowest BCUT2D eigenvalue weighted by molar-refractivity contribution is 0.0319. The minimum absolute atomic E-state index is 0.0145. The number of halogens is 2. The summed E-state index contributed by atoms with van der Waals surface area (Å²) in [5.74, 6) is 5.25. The summed E-state index contributed by atoms with van der Waals surface area (Å²) >= 11 is 6.05. The van der Waals surface area contributed by atoms with E-state index in [1.165, 1.54) is 12.1 Å². The van der Waals surface area contributed by atoms with Crippen molar-refractivity contribution >= 4 is 11.6 Å². The number of benzene rings is 1. The van der Waals surface area contributed by atoms with E-state index in [0.717, 1.165) is 12.0 Å².